The van der Waals surface area contributed by atoms with E-state index in [1.165, 1.54) is 55.4 Å². The molecule has 1 aliphatic rings. The molecule has 1 aromatic rings. The first kappa shape index (κ1) is 26.1. The van der Waals surface area contributed by atoms with Crippen LogP contribution in [0.5, 0.6) is 0 Å². The molecule has 0 saturated carbocycles. The van der Waals surface area contributed by atoms with Crippen molar-refractivity contribution < 1.29 is 0 Å². The summed E-state index contributed by atoms with van der Waals surface area (Å²) in [7, 11) is -0.887. The molecule has 2 atom stereocenters. The molecular formula is C28H48S. The van der Waals surface area contributed by atoms with Gasteiger partial charge >= 0.3 is 0 Å². The van der Waals surface area contributed by atoms with E-state index in [-0.39, 0.29) is 0 Å². The SMILES string of the molecule is CCC(C)CC.CCC(C)CCc1ccc(S(C)(C)C2=CCC(C)CC=C2)cc1. The Kier molecular flexibility index (Phi) is 12.0. The highest BCUT2D eigenvalue weighted by molar-refractivity contribution is 8.36. The molecule has 2 unspecified atom stereocenters. The minimum Gasteiger partial charge on any atom is -0.194 e. The summed E-state index contributed by atoms with van der Waals surface area (Å²) in [4.78, 5) is 3.06. The van der Waals surface area contributed by atoms with Crippen molar-refractivity contribution in [3.05, 3.63) is 53.0 Å². The molecule has 29 heavy (non-hydrogen) atoms. The number of allylic oxidation sites excluding steroid dienone is 3. The molecule has 2 rings (SSSR count). The molecule has 0 radical (unpaired) electrons. The van der Waals surface area contributed by atoms with E-state index in [0.29, 0.717) is 0 Å². The fourth-order valence-electron chi connectivity index (χ4n) is 3.31. The smallest absolute Gasteiger partial charge is 0.00640 e. The Labute approximate surface area is 184 Å². The fourth-order valence-corrected chi connectivity index (χ4v) is 5.35. The normalized spacial score (nSPS) is 18.5. The van der Waals surface area contributed by atoms with E-state index < -0.39 is 10.0 Å². The molecule has 0 fully saturated rings. The Morgan fingerprint density at radius 2 is 1.48 bits per heavy atom. The van der Waals surface area contributed by atoms with Gasteiger partial charge in [0.1, 0.15) is 0 Å². The molecule has 0 amide bonds. The first-order valence-electron chi connectivity index (χ1n) is 11.9. The molecule has 0 aromatic heterocycles. The third-order valence-corrected chi connectivity index (χ3v) is 9.59. The minimum absolute atomic E-state index is 0.780. The van der Waals surface area contributed by atoms with Crippen LogP contribution in [0.15, 0.2) is 52.3 Å². The van der Waals surface area contributed by atoms with Crippen LogP contribution in [0.3, 0.4) is 0 Å². The lowest BCUT2D eigenvalue weighted by atomic mass is 9.99. The molecular weight excluding hydrogens is 368 g/mol. The zero-order chi connectivity index (χ0) is 21.9. The van der Waals surface area contributed by atoms with Crippen molar-refractivity contribution in [2.45, 2.75) is 91.4 Å². The van der Waals surface area contributed by atoms with Gasteiger partial charge in [0.15, 0.2) is 0 Å². The maximum absolute atomic E-state index is 2.49. The third kappa shape index (κ3) is 9.16. The van der Waals surface area contributed by atoms with Crippen molar-refractivity contribution >= 4 is 10.0 Å². The summed E-state index contributed by atoms with van der Waals surface area (Å²) in [6.07, 6.45) is 21.0. The monoisotopic (exact) mass is 416 g/mol. The van der Waals surface area contributed by atoms with Gasteiger partial charge in [-0.3, -0.25) is 0 Å². The predicted octanol–water partition coefficient (Wildman–Crippen LogP) is 9.40. The van der Waals surface area contributed by atoms with Crippen LogP contribution < -0.4 is 0 Å². The highest BCUT2D eigenvalue weighted by Gasteiger charge is 2.19. The molecule has 0 nitrogen and oxygen atoms in total. The molecule has 1 heteroatoms. The van der Waals surface area contributed by atoms with Gasteiger partial charge in [-0.05, 0) is 83.4 Å². The predicted molar refractivity (Wildman–Crippen MR) is 137 cm³/mol. The first-order chi connectivity index (χ1) is 13.7. The summed E-state index contributed by atoms with van der Waals surface area (Å²) in [6, 6.07) is 9.47. The fraction of sp³-hybridized carbons (Fsp3) is 0.643. The first-order valence-corrected chi connectivity index (χ1v) is 14.4. The molecule has 166 valence electrons. The maximum atomic E-state index is 2.49. The van der Waals surface area contributed by atoms with E-state index in [2.05, 4.69) is 96.5 Å². The van der Waals surface area contributed by atoms with Crippen LogP contribution in [0.4, 0.5) is 0 Å². The Bertz CT molecular complexity index is 616. The van der Waals surface area contributed by atoms with Crippen LogP contribution in [0.25, 0.3) is 0 Å². The van der Waals surface area contributed by atoms with Crippen LogP contribution in [0.1, 0.15) is 85.6 Å². The summed E-state index contributed by atoms with van der Waals surface area (Å²) in [5.74, 6) is 2.55. The van der Waals surface area contributed by atoms with Gasteiger partial charge in [-0.25, -0.2) is 0 Å². The number of aryl methyl sites for hydroxylation is 1. The zero-order valence-electron chi connectivity index (χ0n) is 20.6. The molecule has 1 aliphatic carbocycles. The number of hydrogen-bond acceptors (Lipinski definition) is 0. The number of benzene rings is 1. The molecule has 0 heterocycles. The second-order valence-electron chi connectivity index (χ2n) is 9.53. The Morgan fingerprint density at radius 3 is 2.00 bits per heavy atom. The quantitative estimate of drug-likeness (QED) is 0.396. The lowest BCUT2D eigenvalue weighted by Gasteiger charge is -2.33. The lowest BCUT2D eigenvalue weighted by Crippen LogP contribution is -2.00. The second kappa shape index (κ2) is 13.4. The molecule has 1 aromatic carbocycles. The van der Waals surface area contributed by atoms with Gasteiger partial charge in [0.05, 0.1) is 0 Å². The summed E-state index contributed by atoms with van der Waals surface area (Å²) in [5, 5.41) is 0. The number of hydrogen-bond donors (Lipinski definition) is 0. The van der Waals surface area contributed by atoms with Gasteiger partial charge in [0.2, 0.25) is 0 Å². The molecule has 0 N–H and O–H groups in total. The average Bonchev–Trinajstić information content (AvgIpc) is 2.97. The lowest BCUT2D eigenvalue weighted by molar-refractivity contribution is 0.516. The largest absolute Gasteiger partial charge is 0.194 e. The average molecular weight is 417 g/mol. The van der Waals surface area contributed by atoms with E-state index in [0.717, 1.165) is 17.8 Å². The van der Waals surface area contributed by atoms with Crippen molar-refractivity contribution in [2.24, 2.45) is 17.8 Å². The van der Waals surface area contributed by atoms with Gasteiger partial charge in [-0.15, -0.1) is 0 Å². The van der Waals surface area contributed by atoms with Gasteiger partial charge in [0.25, 0.3) is 0 Å². The van der Waals surface area contributed by atoms with E-state index in [4.69, 9.17) is 0 Å². The summed E-state index contributed by atoms with van der Waals surface area (Å²) < 4.78 is 0. The molecule has 0 aliphatic heterocycles. The van der Waals surface area contributed by atoms with Gasteiger partial charge in [0, 0.05) is 0 Å². The van der Waals surface area contributed by atoms with Crippen LogP contribution in [-0.4, -0.2) is 12.5 Å². The van der Waals surface area contributed by atoms with Gasteiger partial charge < -0.3 is 0 Å². The molecule has 0 bridgehead atoms. The van der Waals surface area contributed by atoms with E-state index in [1.807, 2.05) is 0 Å². The highest BCUT2D eigenvalue weighted by atomic mass is 32.3. The Balaban J connectivity index is 0.000000612. The zero-order valence-corrected chi connectivity index (χ0v) is 21.4. The van der Waals surface area contributed by atoms with Crippen molar-refractivity contribution in [1.82, 2.24) is 0 Å². The van der Waals surface area contributed by atoms with Crippen LogP contribution >= 0.6 is 10.0 Å². The summed E-state index contributed by atoms with van der Waals surface area (Å²) in [6.45, 7) is 13.7. The van der Waals surface area contributed by atoms with Crippen molar-refractivity contribution in [3.63, 3.8) is 0 Å². The van der Waals surface area contributed by atoms with Gasteiger partial charge in [-0.1, -0.05) is 91.2 Å². The number of rotatable bonds is 8. The van der Waals surface area contributed by atoms with E-state index in [9.17, 15) is 0 Å². The van der Waals surface area contributed by atoms with E-state index in [1.54, 1.807) is 4.91 Å². The minimum atomic E-state index is -0.887. The van der Waals surface area contributed by atoms with Crippen molar-refractivity contribution in [1.29, 1.82) is 0 Å². The highest BCUT2D eigenvalue weighted by Crippen LogP contribution is 2.57. The summed E-state index contributed by atoms with van der Waals surface area (Å²) >= 11 is 0. The Hall–Kier alpha value is -0.950. The third-order valence-electron chi connectivity index (χ3n) is 6.66. The topological polar surface area (TPSA) is 0 Å². The van der Waals surface area contributed by atoms with Crippen LogP contribution in [0.2, 0.25) is 0 Å². The van der Waals surface area contributed by atoms with E-state index >= 15 is 0 Å². The van der Waals surface area contributed by atoms with Gasteiger partial charge in [-0.2, -0.15) is 10.0 Å². The summed E-state index contributed by atoms with van der Waals surface area (Å²) in [5.41, 5.74) is 1.49. The van der Waals surface area contributed by atoms with Crippen LogP contribution in [-0.2, 0) is 6.42 Å². The maximum Gasteiger partial charge on any atom is -0.00640 e. The van der Waals surface area contributed by atoms with Crippen LogP contribution in [0, 0.1) is 17.8 Å². The van der Waals surface area contributed by atoms with Crippen molar-refractivity contribution in [3.8, 4) is 0 Å². The van der Waals surface area contributed by atoms with Crippen molar-refractivity contribution in [2.75, 3.05) is 12.5 Å². The second-order valence-corrected chi connectivity index (χ2v) is 13.1. The molecule has 0 spiro atoms. The Morgan fingerprint density at radius 1 is 0.897 bits per heavy atom. The molecule has 0 saturated heterocycles. The standard InChI is InChI=1S/C22H34S.C6H14/c1-6-18(2)10-12-20-13-16-22(17-14-20)23(4,5)21-9-7-8-19(3)11-15-21;1-4-6(3)5-2/h7,9,13-19H,6,8,10-12H2,1-5H3;6H,4-5H2,1-3H3.